The topological polar surface area (TPSA) is 65.9 Å². The van der Waals surface area contributed by atoms with Gasteiger partial charge in [-0.1, -0.05) is 0 Å². The molecule has 2 heterocycles. The average molecular weight is 244 g/mol. The van der Waals surface area contributed by atoms with Crippen LogP contribution in [0.1, 0.15) is 31.0 Å². The molecule has 1 saturated heterocycles. The van der Waals surface area contributed by atoms with Crippen LogP contribution >= 0.6 is 0 Å². The van der Waals surface area contributed by atoms with Crippen LogP contribution in [0.5, 0.6) is 0 Å². The van der Waals surface area contributed by atoms with Crippen molar-refractivity contribution in [2.45, 2.75) is 32.4 Å². The third-order valence-corrected chi connectivity index (χ3v) is 3.72. The number of rotatable bonds is 3. The predicted octanol–water partition coefficient (Wildman–Crippen LogP) is 1.51. The van der Waals surface area contributed by atoms with Gasteiger partial charge in [-0.15, -0.1) is 0 Å². The monoisotopic (exact) mass is 244 g/mol. The van der Waals surface area contributed by atoms with Gasteiger partial charge in [0.1, 0.15) is 11.8 Å². The number of hydrogen-bond donors (Lipinski definition) is 1. The van der Waals surface area contributed by atoms with E-state index in [1.807, 2.05) is 12.1 Å². The Balaban J connectivity index is 1.90. The van der Waals surface area contributed by atoms with E-state index < -0.39 is 0 Å². The number of hydrogen-bond acceptors (Lipinski definition) is 4. The highest BCUT2D eigenvalue weighted by atomic mass is 15.1. The van der Waals surface area contributed by atoms with E-state index in [0.717, 1.165) is 19.6 Å². The molecule has 0 amide bonds. The zero-order valence-electron chi connectivity index (χ0n) is 10.8. The fourth-order valence-corrected chi connectivity index (χ4v) is 2.53. The second kappa shape index (κ2) is 5.94. The van der Waals surface area contributed by atoms with E-state index >= 15 is 0 Å². The number of nitriles is 1. The van der Waals surface area contributed by atoms with Gasteiger partial charge in [-0.25, -0.2) is 4.98 Å². The van der Waals surface area contributed by atoms with Crippen LogP contribution in [0, 0.1) is 17.2 Å². The summed E-state index contributed by atoms with van der Waals surface area (Å²) in [5.41, 5.74) is 7.61. The summed E-state index contributed by atoms with van der Waals surface area (Å²) in [6.07, 6.45) is 4.06. The van der Waals surface area contributed by atoms with Gasteiger partial charge in [-0.3, -0.25) is 4.90 Å². The third-order valence-electron chi connectivity index (χ3n) is 3.72. The highest BCUT2D eigenvalue weighted by Crippen LogP contribution is 2.20. The van der Waals surface area contributed by atoms with Crippen molar-refractivity contribution in [2.75, 3.05) is 13.1 Å². The van der Waals surface area contributed by atoms with Crippen LogP contribution in [0.4, 0.5) is 0 Å². The van der Waals surface area contributed by atoms with Crippen molar-refractivity contribution in [3.63, 3.8) is 0 Å². The Morgan fingerprint density at radius 1 is 1.56 bits per heavy atom. The van der Waals surface area contributed by atoms with Crippen LogP contribution in [-0.2, 0) is 6.54 Å². The second-order valence-electron chi connectivity index (χ2n) is 5.13. The van der Waals surface area contributed by atoms with Crippen LogP contribution in [0.15, 0.2) is 18.3 Å². The molecule has 1 unspecified atom stereocenters. The van der Waals surface area contributed by atoms with Crippen molar-refractivity contribution in [3.8, 4) is 6.07 Å². The SMILES string of the molecule is CC(N)C1CCN(Cc2ccnc(C#N)c2)CC1. The molecule has 0 spiro atoms. The summed E-state index contributed by atoms with van der Waals surface area (Å²) in [6.45, 7) is 5.19. The van der Waals surface area contributed by atoms with Gasteiger partial charge >= 0.3 is 0 Å². The molecule has 0 bridgehead atoms. The number of piperidine rings is 1. The fourth-order valence-electron chi connectivity index (χ4n) is 2.53. The summed E-state index contributed by atoms with van der Waals surface area (Å²) in [4.78, 5) is 6.42. The predicted molar refractivity (Wildman–Crippen MR) is 70.6 cm³/mol. The van der Waals surface area contributed by atoms with Crippen LogP contribution in [-0.4, -0.2) is 29.0 Å². The van der Waals surface area contributed by atoms with Gasteiger partial charge < -0.3 is 5.73 Å². The highest BCUT2D eigenvalue weighted by Gasteiger charge is 2.21. The highest BCUT2D eigenvalue weighted by molar-refractivity contribution is 5.25. The molecule has 1 aromatic rings. The van der Waals surface area contributed by atoms with Crippen molar-refractivity contribution in [1.82, 2.24) is 9.88 Å². The molecule has 2 N–H and O–H groups in total. The largest absolute Gasteiger partial charge is 0.328 e. The molecule has 1 aliphatic rings. The lowest BCUT2D eigenvalue weighted by molar-refractivity contribution is 0.165. The van der Waals surface area contributed by atoms with Crippen molar-refractivity contribution in [3.05, 3.63) is 29.6 Å². The van der Waals surface area contributed by atoms with Gasteiger partial charge in [-0.2, -0.15) is 5.26 Å². The molecule has 1 aromatic heterocycles. The van der Waals surface area contributed by atoms with E-state index in [1.165, 1.54) is 18.4 Å². The molecule has 0 saturated carbocycles. The lowest BCUT2D eigenvalue weighted by Gasteiger charge is -2.33. The van der Waals surface area contributed by atoms with E-state index in [9.17, 15) is 0 Å². The molecule has 0 aliphatic carbocycles. The molecule has 18 heavy (non-hydrogen) atoms. The minimum absolute atomic E-state index is 0.304. The number of nitrogens with zero attached hydrogens (tertiary/aromatic N) is 3. The molecule has 1 aliphatic heterocycles. The molecule has 2 rings (SSSR count). The summed E-state index contributed by atoms with van der Waals surface area (Å²) in [7, 11) is 0. The smallest absolute Gasteiger partial charge is 0.140 e. The van der Waals surface area contributed by atoms with Gasteiger partial charge in [-0.05, 0) is 56.5 Å². The molecular weight excluding hydrogens is 224 g/mol. The molecule has 0 aromatic carbocycles. The minimum atomic E-state index is 0.304. The Morgan fingerprint density at radius 3 is 2.89 bits per heavy atom. The molecule has 1 atom stereocenters. The second-order valence-corrected chi connectivity index (χ2v) is 5.13. The van der Waals surface area contributed by atoms with E-state index in [-0.39, 0.29) is 0 Å². The maximum absolute atomic E-state index is 8.82. The molecule has 1 fully saturated rings. The van der Waals surface area contributed by atoms with Crippen LogP contribution in [0.2, 0.25) is 0 Å². The van der Waals surface area contributed by atoms with E-state index in [2.05, 4.69) is 22.9 Å². The normalized spacial score (nSPS) is 19.4. The maximum Gasteiger partial charge on any atom is 0.140 e. The van der Waals surface area contributed by atoms with Gasteiger partial charge in [0.2, 0.25) is 0 Å². The first kappa shape index (κ1) is 13.0. The lowest BCUT2D eigenvalue weighted by atomic mass is 9.91. The first-order chi connectivity index (χ1) is 8.69. The Labute approximate surface area is 108 Å². The first-order valence-electron chi connectivity index (χ1n) is 6.52. The van der Waals surface area contributed by atoms with Crippen molar-refractivity contribution >= 4 is 0 Å². The summed E-state index contributed by atoms with van der Waals surface area (Å²) >= 11 is 0. The Morgan fingerprint density at radius 2 is 2.28 bits per heavy atom. The number of pyridine rings is 1. The summed E-state index contributed by atoms with van der Waals surface area (Å²) < 4.78 is 0. The lowest BCUT2D eigenvalue weighted by Crippen LogP contribution is -2.39. The van der Waals surface area contributed by atoms with E-state index in [1.54, 1.807) is 6.20 Å². The van der Waals surface area contributed by atoms with Crippen molar-refractivity contribution in [2.24, 2.45) is 11.7 Å². The van der Waals surface area contributed by atoms with Crippen LogP contribution in [0.25, 0.3) is 0 Å². The molecular formula is C14H20N4. The van der Waals surface area contributed by atoms with Crippen molar-refractivity contribution < 1.29 is 0 Å². The number of aromatic nitrogens is 1. The van der Waals surface area contributed by atoms with Gasteiger partial charge in [0.15, 0.2) is 0 Å². The van der Waals surface area contributed by atoms with E-state index in [4.69, 9.17) is 11.0 Å². The Kier molecular flexibility index (Phi) is 4.29. The number of nitrogens with two attached hydrogens (primary N) is 1. The van der Waals surface area contributed by atoms with E-state index in [0.29, 0.717) is 17.7 Å². The minimum Gasteiger partial charge on any atom is -0.328 e. The van der Waals surface area contributed by atoms with Gasteiger partial charge in [0.25, 0.3) is 0 Å². The Hall–Kier alpha value is -1.44. The fraction of sp³-hybridized carbons (Fsp3) is 0.571. The quantitative estimate of drug-likeness (QED) is 0.875. The van der Waals surface area contributed by atoms with Crippen LogP contribution in [0.3, 0.4) is 0 Å². The molecule has 96 valence electrons. The zero-order valence-corrected chi connectivity index (χ0v) is 10.8. The summed E-state index contributed by atoms with van der Waals surface area (Å²) in [6, 6.07) is 6.24. The molecule has 4 nitrogen and oxygen atoms in total. The van der Waals surface area contributed by atoms with Crippen LogP contribution < -0.4 is 5.73 Å². The first-order valence-corrected chi connectivity index (χ1v) is 6.52. The summed E-state index contributed by atoms with van der Waals surface area (Å²) in [5.74, 6) is 0.661. The standard InChI is InChI=1S/C14H20N4/c1-11(16)13-3-6-18(7-4-13)10-12-2-5-17-14(8-12)9-15/h2,5,8,11,13H,3-4,6-7,10,16H2,1H3. The zero-order chi connectivity index (χ0) is 13.0. The van der Waals surface area contributed by atoms with Gasteiger partial charge in [0.05, 0.1) is 0 Å². The summed E-state index contributed by atoms with van der Waals surface area (Å²) in [5, 5.41) is 8.82. The maximum atomic E-state index is 8.82. The van der Waals surface area contributed by atoms with Gasteiger partial charge in [0, 0.05) is 18.8 Å². The third kappa shape index (κ3) is 3.28. The average Bonchev–Trinajstić information content (AvgIpc) is 2.39. The number of likely N-dealkylation sites (tertiary alicyclic amines) is 1. The Bertz CT molecular complexity index is 428. The molecule has 4 heteroatoms. The molecule has 0 radical (unpaired) electrons. The van der Waals surface area contributed by atoms with Crippen molar-refractivity contribution in [1.29, 1.82) is 5.26 Å².